The van der Waals surface area contributed by atoms with Crippen LogP contribution in [0.4, 0.5) is 11.8 Å². The van der Waals surface area contributed by atoms with Crippen LogP contribution >= 0.6 is 0 Å². The number of hydrogen-bond donors (Lipinski definition) is 2. The lowest BCUT2D eigenvalue weighted by atomic mass is 10.1. The zero-order valence-corrected chi connectivity index (χ0v) is 17.8. The third-order valence-electron chi connectivity index (χ3n) is 5.11. The number of fused-ring (bicyclic) bond motifs is 1. The molecule has 6 heteroatoms. The van der Waals surface area contributed by atoms with Crippen LogP contribution in [0, 0.1) is 0 Å². The molecule has 158 valence electrons. The fourth-order valence-electron chi connectivity index (χ4n) is 3.54. The number of hydrogen-bond acceptors (Lipinski definition) is 6. The fourth-order valence-corrected chi connectivity index (χ4v) is 3.54. The molecule has 4 rings (SSSR count). The summed E-state index contributed by atoms with van der Waals surface area (Å²) in [6.07, 6.45) is 0.810. The molecule has 0 aliphatic carbocycles. The molecule has 6 nitrogen and oxygen atoms in total. The number of rotatable bonds is 9. The number of nitrogens with one attached hydrogen (secondary N) is 2. The van der Waals surface area contributed by atoms with Crippen LogP contribution in [-0.4, -0.2) is 30.7 Å². The minimum Gasteiger partial charge on any atom is -0.496 e. The Morgan fingerprint density at radius 2 is 1.35 bits per heavy atom. The van der Waals surface area contributed by atoms with Crippen molar-refractivity contribution in [1.82, 2.24) is 9.97 Å². The normalized spacial score (nSPS) is 10.6. The molecule has 0 spiro atoms. The maximum atomic E-state index is 5.46. The number of benzene rings is 3. The predicted molar refractivity (Wildman–Crippen MR) is 125 cm³/mol. The van der Waals surface area contributed by atoms with E-state index in [-0.39, 0.29) is 0 Å². The van der Waals surface area contributed by atoms with Crippen LogP contribution < -0.4 is 20.1 Å². The quantitative estimate of drug-likeness (QED) is 0.405. The van der Waals surface area contributed by atoms with E-state index in [1.165, 1.54) is 0 Å². The summed E-state index contributed by atoms with van der Waals surface area (Å²) in [5.74, 6) is 3.12. The van der Waals surface area contributed by atoms with Crippen LogP contribution in [0.1, 0.15) is 11.1 Å². The van der Waals surface area contributed by atoms with E-state index in [1.54, 1.807) is 14.2 Å². The van der Waals surface area contributed by atoms with E-state index in [1.807, 2.05) is 66.7 Å². The highest BCUT2D eigenvalue weighted by Crippen LogP contribution is 2.24. The molecule has 0 saturated carbocycles. The first kappa shape index (κ1) is 20.5. The number of aromatic nitrogens is 2. The van der Waals surface area contributed by atoms with E-state index < -0.39 is 0 Å². The Labute approximate surface area is 182 Å². The Morgan fingerprint density at radius 3 is 2.13 bits per heavy atom. The van der Waals surface area contributed by atoms with Crippen LogP contribution in [0.2, 0.25) is 0 Å². The zero-order valence-electron chi connectivity index (χ0n) is 17.8. The van der Waals surface area contributed by atoms with Crippen molar-refractivity contribution in [2.75, 3.05) is 31.4 Å². The van der Waals surface area contributed by atoms with Gasteiger partial charge in [-0.25, -0.2) is 4.98 Å². The predicted octanol–water partition coefficient (Wildman–Crippen LogP) is 4.91. The SMILES string of the molecule is COc1ccccc1CCNc1nc(NCc2ccccc2OC)c2ccccc2n1. The van der Waals surface area contributed by atoms with Gasteiger partial charge in [0, 0.05) is 24.0 Å². The van der Waals surface area contributed by atoms with Crippen LogP contribution in [0.15, 0.2) is 72.8 Å². The molecule has 0 amide bonds. The first-order chi connectivity index (χ1) is 15.3. The lowest BCUT2D eigenvalue weighted by molar-refractivity contribution is 0.410. The van der Waals surface area contributed by atoms with Crippen molar-refractivity contribution < 1.29 is 9.47 Å². The van der Waals surface area contributed by atoms with E-state index >= 15 is 0 Å². The summed E-state index contributed by atoms with van der Waals surface area (Å²) in [7, 11) is 3.38. The average molecular weight is 415 g/mol. The van der Waals surface area contributed by atoms with Gasteiger partial charge < -0.3 is 20.1 Å². The second-order valence-electron chi connectivity index (χ2n) is 7.07. The number of anilines is 2. The molecule has 31 heavy (non-hydrogen) atoms. The number of nitrogens with zero attached hydrogens (tertiary/aromatic N) is 2. The Bertz CT molecular complexity index is 1160. The molecule has 0 bridgehead atoms. The molecule has 0 atom stereocenters. The molecule has 1 aromatic heterocycles. The van der Waals surface area contributed by atoms with Crippen molar-refractivity contribution in [3.8, 4) is 11.5 Å². The molecular weight excluding hydrogens is 388 g/mol. The van der Waals surface area contributed by atoms with E-state index in [9.17, 15) is 0 Å². The first-order valence-electron chi connectivity index (χ1n) is 10.3. The largest absolute Gasteiger partial charge is 0.496 e. The second kappa shape index (κ2) is 9.80. The Kier molecular flexibility index (Phi) is 6.47. The lowest BCUT2D eigenvalue weighted by Crippen LogP contribution is -2.11. The van der Waals surface area contributed by atoms with Crippen molar-refractivity contribution >= 4 is 22.7 Å². The van der Waals surface area contributed by atoms with Gasteiger partial charge in [-0.1, -0.05) is 48.5 Å². The third-order valence-corrected chi connectivity index (χ3v) is 5.11. The number of para-hydroxylation sites is 3. The lowest BCUT2D eigenvalue weighted by Gasteiger charge is -2.14. The van der Waals surface area contributed by atoms with E-state index in [2.05, 4.69) is 21.7 Å². The fraction of sp³-hybridized carbons (Fsp3) is 0.200. The smallest absolute Gasteiger partial charge is 0.225 e. The van der Waals surface area contributed by atoms with Gasteiger partial charge in [-0.3, -0.25) is 0 Å². The molecule has 1 heterocycles. The summed E-state index contributed by atoms with van der Waals surface area (Å²) in [5, 5.41) is 7.79. The average Bonchev–Trinajstić information content (AvgIpc) is 2.83. The van der Waals surface area contributed by atoms with Gasteiger partial charge in [-0.05, 0) is 36.2 Å². The molecule has 0 saturated heterocycles. The van der Waals surface area contributed by atoms with Gasteiger partial charge in [0.1, 0.15) is 17.3 Å². The third kappa shape index (κ3) is 4.86. The first-order valence-corrected chi connectivity index (χ1v) is 10.3. The van der Waals surface area contributed by atoms with Crippen LogP contribution in [0.3, 0.4) is 0 Å². The monoisotopic (exact) mass is 414 g/mol. The molecular formula is C25H26N4O2. The maximum Gasteiger partial charge on any atom is 0.225 e. The van der Waals surface area contributed by atoms with Crippen molar-refractivity contribution in [2.24, 2.45) is 0 Å². The summed E-state index contributed by atoms with van der Waals surface area (Å²) in [6.45, 7) is 1.30. The van der Waals surface area contributed by atoms with Crippen molar-refractivity contribution in [3.63, 3.8) is 0 Å². The van der Waals surface area contributed by atoms with Crippen molar-refractivity contribution in [2.45, 2.75) is 13.0 Å². The minimum atomic E-state index is 0.594. The summed E-state index contributed by atoms with van der Waals surface area (Å²) in [5.41, 5.74) is 3.10. The van der Waals surface area contributed by atoms with Gasteiger partial charge in [0.25, 0.3) is 0 Å². The highest BCUT2D eigenvalue weighted by molar-refractivity contribution is 5.90. The number of methoxy groups -OCH3 is 2. The van der Waals surface area contributed by atoms with E-state index in [4.69, 9.17) is 14.5 Å². The Morgan fingerprint density at radius 1 is 0.710 bits per heavy atom. The summed E-state index contributed by atoms with van der Waals surface area (Å²) >= 11 is 0. The van der Waals surface area contributed by atoms with Crippen LogP contribution in [0.25, 0.3) is 10.9 Å². The highest BCUT2D eigenvalue weighted by Gasteiger charge is 2.09. The molecule has 4 aromatic rings. The number of ether oxygens (including phenoxy) is 2. The molecule has 3 aromatic carbocycles. The molecule has 0 fully saturated rings. The molecule has 0 radical (unpaired) electrons. The van der Waals surface area contributed by atoms with Gasteiger partial charge in [0.2, 0.25) is 5.95 Å². The molecule has 0 aliphatic rings. The minimum absolute atomic E-state index is 0.594. The standard InChI is InChI=1S/C25H26N4O2/c1-30-22-13-7-3-9-18(22)15-16-26-25-28-21-12-6-5-11-20(21)24(29-25)27-17-19-10-4-8-14-23(19)31-2/h3-14H,15-17H2,1-2H3,(H2,26,27,28,29). The Balaban J connectivity index is 1.52. The maximum absolute atomic E-state index is 5.46. The van der Waals surface area contributed by atoms with Crippen molar-refractivity contribution in [3.05, 3.63) is 83.9 Å². The van der Waals surface area contributed by atoms with Gasteiger partial charge in [-0.15, -0.1) is 0 Å². The molecule has 0 unspecified atom stereocenters. The Hall–Kier alpha value is -3.80. The molecule has 0 aliphatic heterocycles. The van der Waals surface area contributed by atoms with E-state index in [0.717, 1.165) is 45.8 Å². The van der Waals surface area contributed by atoms with E-state index in [0.29, 0.717) is 19.0 Å². The highest BCUT2D eigenvalue weighted by atomic mass is 16.5. The van der Waals surface area contributed by atoms with Gasteiger partial charge in [0.05, 0.1) is 19.7 Å². The summed E-state index contributed by atoms with van der Waals surface area (Å²) in [6, 6.07) is 24.0. The van der Waals surface area contributed by atoms with Gasteiger partial charge in [-0.2, -0.15) is 4.98 Å². The van der Waals surface area contributed by atoms with Gasteiger partial charge in [0.15, 0.2) is 0 Å². The summed E-state index contributed by atoms with van der Waals surface area (Å²) in [4.78, 5) is 9.42. The van der Waals surface area contributed by atoms with Crippen LogP contribution in [0.5, 0.6) is 11.5 Å². The summed E-state index contributed by atoms with van der Waals surface area (Å²) < 4.78 is 10.9. The molecule has 2 N–H and O–H groups in total. The van der Waals surface area contributed by atoms with Gasteiger partial charge >= 0.3 is 0 Å². The topological polar surface area (TPSA) is 68.3 Å². The second-order valence-corrected chi connectivity index (χ2v) is 7.07. The zero-order chi connectivity index (χ0) is 21.5. The van der Waals surface area contributed by atoms with Crippen molar-refractivity contribution in [1.29, 1.82) is 0 Å². The van der Waals surface area contributed by atoms with Crippen LogP contribution in [-0.2, 0) is 13.0 Å².